The van der Waals surface area contributed by atoms with Gasteiger partial charge in [-0.25, -0.2) is 0 Å². The molecule has 1 aliphatic rings. The smallest absolute Gasteiger partial charge is 0.129 e. The number of aliphatic hydroxyl groups is 1. The number of rotatable bonds is 3. The van der Waals surface area contributed by atoms with Crippen LogP contribution in [0.25, 0.3) is 0 Å². The SMILES string of the molecule is CC1(C)CC(O)c2ccc(OCc3sccc3Br)cc2O1. The predicted octanol–water partition coefficient (Wildman–Crippen LogP) is 4.68. The van der Waals surface area contributed by atoms with Gasteiger partial charge in [0.2, 0.25) is 0 Å². The fourth-order valence-electron chi connectivity index (χ4n) is 2.46. The van der Waals surface area contributed by atoms with E-state index in [1.165, 1.54) is 0 Å². The van der Waals surface area contributed by atoms with E-state index in [0.717, 1.165) is 20.7 Å². The van der Waals surface area contributed by atoms with Crippen molar-refractivity contribution < 1.29 is 14.6 Å². The normalized spacial score (nSPS) is 19.7. The molecule has 0 saturated carbocycles. The molecule has 112 valence electrons. The first kappa shape index (κ1) is 14.9. The molecule has 0 saturated heterocycles. The second-order valence-electron chi connectivity index (χ2n) is 5.76. The molecule has 1 aromatic heterocycles. The maximum atomic E-state index is 10.2. The zero-order chi connectivity index (χ0) is 15.0. The summed E-state index contributed by atoms with van der Waals surface area (Å²) < 4.78 is 12.8. The van der Waals surface area contributed by atoms with Crippen molar-refractivity contribution in [2.45, 2.75) is 38.6 Å². The molecule has 0 aliphatic carbocycles. The highest BCUT2D eigenvalue weighted by Gasteiger charge is 2.32. The molecule has 0 spiro atoms. The van der Waals surface area contributed by atoms with Gasteiger partial charge in [0.05, 0.1) is 11.0 Å². The van der Waals surface area contributed by atoms with Crippen molar-refractivity contribution in [2.75, 3.05) is 0 Å². The highest BCUT2D eigenvalue weighted by atomic mass is 79.9. The standard InChI is InChI=1S/C16H17BrO3S/c1-16(2)8-13(18)11-4-3-10(7-14(11)20-16)19-9-15-12(17)5-6-21-15/h3-7,13,18H,8-9H2,1-2H3. The molecule has 1 N–H and O–H groups in total. The maximum Gasteiger partial charge on any atom is 0.129 e. The van der Waals surface area contributed by atoms with Gasteiger partial charge in [0.1, 0.15) is 23.7 Å². The highest BCUT2D eigenvalue weighted by Crippen LogP contribution is 2.41. The summed E-state index contributed by atoms with van der Waals surface area (Å²) in [6.07, 6.45) is 0.117. The van der Waals surface area contributed by atoms with Gasteiger partial charge in [-0.2, -0.15) is 0 Å². The summed E-state index contributed by atoms with van der Waals surface area (Å²) in [5, 5.41) is 12.2. The molecule has 2 aromatic rings. The van der Waals surface area contributed by atoms with Gasteiger partial charge >= 0.3 is 0 Å². The molecule has 0 amide bonds. The van der Waals surface area contributed by atoms with Crippen molar-refractivity contribution in [3.8, 4) is 11.5 Å². The first-order valence-corrected chi connectivity index (χ1v) is 8.47. The van der Waals surface area contributed by atoms with Gasteiger partial charge in [-0.05, 0) is 53.4 Å². The molecule has 3 rings (SSSR count). The van der Waals surface area contributed by atoms with Crippen molar-refractivity contribution in [3.63, 3.8) is 0 Å². The molecule has 0 bridgehead atoms. The lowest BCUT2D eigenvalue weighted by atomic mass is 9.92. The minimum absolute atomic E-state index is 0.359. The lowest BCUT2D eigenvalue weighted by molar-refractivity contribution is 0.0113. The van der Waals surface area contributed by atoms with Gasteiger partial charge in [0, 0.05) is 22.5 Å². The number of ether oxygens (including phenoxy) is 2. The van der Waals surface area contributed by atoms with Crippen molar-refractivity contribution in [2.24, 2.45) is 0 Å². The third-order valence-electron chi connectivity index (χ3n) is 3.48. The lowest BCUT2D eigenvalue weighted by Gasteiger charge is -2.35. The summed E-state index contributed by atoms with van der Waals surface area (Å²) in [6.45, 7) is 4.48. The maximum absolute atomic E-state index is 10.2. The third kappa shape index (κ3) is 3.25. The van der Waals surface area contributed by atoms with E-state index in [1.54, 1.807) is 11.3 Å². The lowest BCUT2D eigenvalue weighted by Crippen LogP contribution is -2.34. The molecular weight excluding hydrogens is 352 g/mol. The highest BCUT2D eigenvalue weighted by molar-refractivity contribution is 9.10. The number of fused-ring (bicyclic) bond motifs is 1. The van der Waals surface area contributed by atoms with Crippen LogP contribution in [0.15, 0.2) is 34.1 Å². The molecule has 0 radical (unpaired) electrons. The van der Waals surface area contributed by atoms with Crippen LogP contribution in [0.2, 0.25) is 0 Å². The molecular formula is C16H17BrO3S. The fourth-order valence-corrected chi connectivity index (χ4v) is 3.84. The van der Waals surface area contributed by atoms with Gasteiger partial charge < -0.3 is 14.6 Å². The van der Waals surface area contributed by atoms with Crippen LogP contribution in [0.3, 0.4) is 0 Å². The van der Waals surface area contributed by atoms with Gasteiger partial charge in [-0.3, -0.25) is 0 Å². The quantitative estimate of drug-likeness (QED) is 0.854. The third-order valence-corrected chi connectivity index (χ3v) is 5.38. The Labute approximate surface area is 136 Å². The average molecular weight is 369 g/mol. The zero-order valence-corrected chi connectivity index (χ0v) is 14.3. The second-order valence-corrected chi connectivity index (χ2v) is 7.62. The van der Waals surface area contributed by atoms with Crippen LogP contribution in [0.1, 0.15) is 36.8 Å². The average Bonchev–Trinajstić information content (AvgIpc) is 2.80. The van der Waals surface area contributed by atoms with Gasteiger partial charge in [0.25, 0.3) is 0 Å². The largest absolute Gasteiger partial charge is 0.488 e. The van der Waals surface area contributed by atoms with Crippen molar-refractivity contribution in [1.82, 2.24) is 0 Å². The summed E-state index contributed by atoms with van der Waals surface area (Å²) in [4.78, 5) is 1.15. The summed E-state index contributed by atoms with van der Waals surface area (Å²) in [6, 6.07) is 7.64. The number of halogens is 1. The van der Waals surface area contributed by atoms with E-state index in [-0.39, 0.29) is 5.60 Å². The molecule has 2 heterocycles. The summed E-state index contributed by atoms with van der Waals surface area (Å²) in [7, 11) is 0. The number of benzene rings is 1. The molecule has 0 fully saturated rings. The predicted molar refractivity (Wildman–Crippen MR) is 87.1 cm³/mol. The first-order chi connectivity index (χ1) is 9.94. The Morgan fingerprint density at radius 2 is 2.24 bits per heavy atom. The van der Waals surface area contributed by atoms with Gasteiger partial charge in [-0.1, -0.05) is 0 Å². The van der Waals surface area contributed by atoms with E-state index in [0.29, 0.717) is 18.8 Å². The first-order valence-electron chi connectivity index (χ1n) is 6.80. The Morgan fingerprint density at radius 1 is 1.43 bits per heavy atom. The van der Waals surface area contributed by atoms with Gasteiger partial charge in [0.15, 0.2) is 0 Å². The topological polar surface area (TPSA) is 38.7 Å². The van der Waals surface area contributed by atoms with Crippen LogP contribution in [-0.2, 0) is 6.61 Å². The fraction of sp³-hybridized carbons (Fsp3) is 0.375. The van der Waals surface area contributed by atoms with E-state index < -0.39 is 6.10 Å². The molecule has 21 heavy (non-hydrogen) atoms. The number of hydrogen-bond acceptors (Lipinski definition) is 4. The second kappa shape index (κ2) is 5.63. The van der Waals surface area contributed by atoms with E-state index in [9.17, 15) is 5.11 Å². The van der Waals surface area contributed by atoms with Crippen LogP contribution in [0.4, 0.5) is 0 Å². The minimum Gasteiger partial charge on any atom is -0.488 e. The van der Waals surface area contributed by atoms with Crippen molar-refractivity contribution in [3.05, 3.63) is 44.6 Å². The van der Waals surface area contributed by atoms with Crippen LogP contribution >= 0.6 is 27.3 Å². The Kier molecular flexibility index (Phi) is 3.99. The Hall–Kier alpha value is -1.04. The zero-order valence-electron chi connectivity index (χ0n) is 11.9. The number of hydrogen-bond donors (Lipinski definition) is 1. The van der Waals surface area contributed by atoms with Crippen LogP contribution < -0.4 is 9.47 Å². The van der Waals surface area contributed by atoms with Crippen molar-refractivity contribution >= 4 is 27.3 Å². The molecule has 1 atom stereocenters. The summed E-state index contributed by atoms with van der Waals surface area (Å²) in [5.74, 6) is 1.46. The van der Waals surface area contributed by atoms with Crippen molar-refractivity contribution in [1.29, 1.82) is 0 Å². The molecule has 1 aliphatic heterocycles. The van der Waals surface area contributed by atoms with E-state index in [4.69, 9.17) is 9.47 Å². The molecule has 5 heteroatoms. The van der Waals surface area contributed by atoms with Gasteiger partial charge in [-0.15, -0.1) is 11.3 Å². The van der Waals surface area contributed by atoms with E-state index in [1.807, 2.05) is 43.5 Å². The Balaban J connectivity index is 1.78. The molecule has 3 nitrogen and oxygen atoms in total. The molecule has 1 unspecified atom stereocenters. The van der Waals surface area contributed by atoms with Crippen LogP contribution in [0, 0.1) is 0 Å². The van der Waals surface area contributed by atoms with E-state index in [2.05, 4.69) is 15.9 Å². The van der Waals surface area contributed by atoms with Crippen LogP contribution in [0.5, 0.6) is 11.5 Å². The minimum atomic E-state index is -0.482. The summed E-state index contributed by atoms with van der Waals surface area (Å²) >= 11 is 5.15. The Bertz CT molecular complexity index is 651. The summed E-state index contributed by atoms with van der Waals surface area (Å²) in [5.41, 5.74) is 0.473. The van der Waals surface area contributed by atoms with Crippen LogP contribution in [-0.4, -0.2) is 10.7 Å². The number of thiophene rings is 1. The van der Waals surface area contributed by atoms with E-state index >= 15 is 0 Å². The number of aliphatic hydroxyl groups excluding tert-OH is 1. The molecule has 1 aromatic carbocycles. The Morgan fingerprint density at radius 3 is 2.95 bits per heavy atom. The monoisotopic (exact) mass is 368 g/mol.